The van der Waals surface area contributed by atoms with Gasteiger partial charge in [-0.25, -0.2) is 9.67 Å². The lowest BCUT2D eigenvalue weighted by atomic mass is 9.87. The summed E-state index contributed by atoms with van der Waals surface area (Å²) in [5.41, 5.74) is 2.84. The van der Waals surface area contributed by atoms with E-state index in [1.54, 1.807) is 11.0 Å². The maximum absolute atomic E-state index is 13.2. The van der Waals surface area contributed by atoms with Gasteiger partial charge in [-0.3, -0.25) is 9.69 Å². The maximum Gasteiger partial charge on any atom is 0.234 e. The standard InChI is InChI=1S/C26H31N5O3/c1-19(20-5-8-22(9-6-20)31-18-27-17-28-31)30(2)16-25(32)29-26(11-3-4-12-26)21-7-10-23-24(15-21)34-14-13-33-23/h5-10,15,17-19H,3-4,11-14,16H2,1-2H3,(H,29,32). The number of carbonyl (C=O) groups excluding carboxylic acids is 1. The monoisotopic (exact) mass is 461 g/mol. The average Bonchev–Trinajstić information content (AvgIpc) is 3.57. The molecular weight excluding hydrogens is 430 g/mol. The first-order valence-electron chi connectivity index (χ1n) is 11.9. The van der Waals surface area contributed by atoms with E-state index in [9.17, 15) is 4.79 Å². The van der Waals surface area contributed by atoms with Crippen molar-refractivity contribution < 1.29 is 14.3 Å². The van der Waals surface area contributed by atoms with Crippen molar-refractivity contribution in [1.29, 1.82) is 0 Å². The SMILES string of the molecule is CC(c1ccc(-n2cncn2)cc1)N(C)CC(=O)NC1(c2ccc3c(c2)OCCO3)CCCC1. The van der Waals surface area contributed by atoms with E-state index < -0.39 is 0 Å². The molecule has 3 aromatic rings. The molecule has 1 aromatic heterocycles. The highest BCUT2D eigenvalue weighted by molar-refractivity contribution is 5.79. The molecular formula is C26H31N5O3. The summed E-state index contributed by atoms with van der Waals surface area (Å²) < 4.78 is 13.2. The molecule has 8 nitrogen and oxygen atoms in total. The van der Waals surface area contributed by atoms with Gasteiger partial charge in [-0.2, -0.15) is 5.10 Å². The molecule has 0 radical (unpaired) electrons. The molecule has 1 aliphatic heterocycles. The second kappa shape index (κ2) is 9.46. The van der Waals surface area contributed by atoms with Crippen LogP contribution in [-0.2, 0) is 10.3 Å². The lowest BCUT2D eigenvalue weighted by molar-refractivity contribution is -0.124. The van der Waals surface area contributed by atoms with Crippen molar-refractivity contribution in [1.82, 2.24) is 25.0 Å². The third kappa shape index (κ3) is 4.50. The average molecular weight is 462 g/mol. The summed E-state index contributed by atoms with van der Waals surface area (Å²) in [6.07, 6.45) is 7.25. The lowest BCUT2D eigenvalue weighted by Gasteiger charge is -2.33. The summed E-state index contributed by atoms with van der Waals surface area (Å²) in [5, 5.41) is 7.55. The fraction of sp³-hybridized carbons (Fsp3) is 0.423. The van der Waals surface area contributed by atoms with Crippen molar-refractivity contribution in [2.75, 3.05) is 26.8 Å². The normalized spacial score (nSPS) is 17.5. The Kier molecular flexibility index (Phi) is 6.24. The van der Waals surface area contributed by atoms with Crippen LogP contribution in [0.3, 0.4) is 0 Å². The maximum atomic E-state index is 13.2. The highest BCUT2D eigenvalue weighted by Crippen LogP contribution is 2.42. The Balaban J connectivity index is 1.25. The first-order valence-corrected chi connectivity index (χ1v) is 11.9. The number of hydrogen-bond acceptors (Lipinski definition) is 6. The number of benzene rings is 2. The number of nitrogens with zero attached hydrogens (tertiary/aromatic N) is 4. The van der Waals surface area contributed by atoms with Crippen molar-refractivity contribution in [3.05, 3.63) is 66.2 Å². The molecule has 8 heteroatoms. The van der Waals surface area contributed by atoms with Crippen LogP contribution in [-0.4, -0.2) is 52.4 Å². The summed E-state index contributed by atoms with van der Waals surface area (Å²) in [5.74, 6) is 1.58. The Labute approximate surface area is 199 Å². The Morgan fingerprint density at radius 2 is 1.85 bits per heavy atom. The molecule has 34 heavy (non-hydrogen) atoms. The van der Waals surface area contributed by atoms with E-state index in [2.05, 4.69) is 45.4 Å². The molecule has 0 saturated heterocycles. The summed E-state index contributed by atoms with van der Waals surface area (Å²) in [6.45, 7) is 3.56. The fourth-order valence-corrected chi connectivity index (χ4v) is 4.98. The van der Waals surface area contributed by atoms with Gasteiger partial charge in [0.15, 0.2) is 11.5 Å². The highest BCUT2D eigenvalue weighted by Gasteiger charge is 2.38. The molecule has 2 aliphatic rings. The molecule has 1 unspecified atom stereocenters. The van der Waals surface area contributed by atoms with Gasteiger partial charge in [0, 0.05) is 6.04 Å². The summed E-state index contributed by atoms with van der Waals surface area (Å²) in [4.78, 5) is 19.3. The second-order valence-electron chi connectivity index (χ2n) is 9.22. The summed E-state index contributed by atoms with van der Waals surface area (Å²) >= 11 is 0. The number of amides is 1. The fourth-order valence-electron chi connectivity index (χ4n) is 4.98. The number of hydrogen-bond donors (Lipinski definition) is 1. The Bertz CT molecular complexity index is 1120. The molecule has 1 amide bonds. The van der Waals surface area contributed by atoms with Crippen molar-refractivity contribution in [3.63, 3.8) is 0 Å². The van der Waals surface area contributed by atoms with E-state index in [4.69, 9.17) is 9.47 Å². The first kappa shape index (κ1) is 22.4. The summed E-state index contributed by atoms with van der Waals surface area (Å²) in [7, 11) is 1.99. The van der Waals surface area contributed by atoms with E-state index in [0.29, 0.717) is 19.8 Å². The zero-order valence-electron chi connectivity index (χ0n) is 19.7. The van der Waals surface area contributed by atoms with Crippen LogP contribution in [0.4, 0.5) is 0 Å². The van der Waals surface area contributed by atoms with Gasteiger partial charge in [-0.1, -0.05) is 31.0 Å². The third-order valence-corrected chi connectivity index (χ3v) is 7.04. The number of ether oxygens (including phenoxy) is 2. The zero-order valence-corrected chi connectivity index (χ0v) is 19.7. The predicted octanol–water partition coefficient (Wildman–Crippen LogP) is 3.62. The summed E-state index contributed by atoms with van der Waals surface area (Å²) in [6, 6.07) is 14.4. The van der Waals surface area contributed by atoms with Crippen molar-refractivity contribution in [2.24, 2.45) is 0 Å². The molecule has 1 saturated carbocycles. The topological polar surface area (TPSA) is 81.5 Å². The van der Waals surface area contributed by atoms with Gasteiger partial charge in [0.2, 0.25) is 5.91 Å². The minimum absolute atomic E-state index is 0.0328. The number of rotatable bonds is 7. The van der Waals surface area contributed by atoms with Crippen molar-refractivity contribution in [2.45, 2.75) is 44.2 Å². The number of aromatic nitrogens is 3. The van der Waals surface area contributed by atoms with Gasteiger partial charge in [0.1, 0.15) is 25.9 Å². The molecule has 5 rings (SSSR count). The molecule has 1 aliphatic carbocycles. The van der Waals surface area contributed by atoms with Gasteiger partial charge >= 0.3 is 0 Å². The smallest absolute Gasteiger partial charge is 0.234 e. The molecule has 1 fully saturated rings. The molecule has 0 bridgehead atoms. The first-order chi connectivity index (χ1) is 16.5. The number of carbonyl (C=O) groups is 1. The molecule has 2 heterocycles. The van der Waals surface area contributed by atoms with Crippen molar-refractivity contribution in [3.8, 4) is 17.2 Å². The van der Waals surface area contributed by atoms with E-state index >= 15 is 0 Å². The molecule has 1 atom stereocenters. The van der Waals surface area contributed by atoms with Gasteiger partial charge in [-0.05, 0) is 62.2 Å². The zero-order chi connectivity index (χ0) is 23.5. The van der Waals surface area contributed by atoms with Gasteiger partial charge in [-0.15, -0.1) is 0 Å². The quantitative estimate of drug-likeness (QED) is 0.579. The van der Waals surface area contributed by atoms with Crippen LogP contribution in [0.2, 0.25) is 0 Å². The molecule has 0 spiro atoms. The van der Waals surface area contributed by atoms with Crippen LogP contribution >= 0.6 is 0 Å². The third-order valence-electron chi connectivity index (χ3n) is 7.04. The Morgan fingerprint density at radius 1 is 1.12 bits per heavy atom. The van der Waals surface area contributed by atoms with Crippen LogP contribution in [0.15, 0.2) is 55.1 Å². The van der Waals surface area contributed by atoms with Gasteiger partial charge in [0.25, 0.3) is 0 Å². The minimum Gasteiger partial charge on any atom is -0.486 e. The van der Waals surface area contributed by atoms with E-state index in [0.717, 1.165) is 54.0 Å². The van der Waals surface area contributed by atoms with Crippen LogP contribution in [0.1, 0.15) is 49.8 Å². The second-order valence-corrected chi connectivity index (χ2v) is 9.22. The minimum atomic E-state index is -0.351. The van der Waals surface area contributed by atoms with E-state index in [1.165, 1.54) is 6.33 Å². The van der Waals surface area contributed by atoms with Crippen LogP contribution in [0.25, 0.3) is 5.69 Å². The molecule has 178 valence electrons. The molecule has 2 aromatic carbocycles. The van der Waals surface area contributed by atoms with Crippen LogP contribution in [0, 0.1) is 0 Å². The molecule has 1 N–H and O–H groups in total. The van der Waals surface area contributed by atoms with Crippen LogP contribution < -0.4 is 14.8 Å². The largest absolute Gasteiger partial charge is 0.486 e. The lowest BCUT2D eigenvalue weighted by Crippen LogP contribution is -2.47. The number of nitrogens with one attached hydrogen (secondary N) is 1. The highest BCUT2D eigenvalue weighted by atomic mass is 16.6. The van der Waals surface area contributed by atoms with E-state index in [1.807, 2.05) is 31.3 Å². The predicted molar refractivity (Wildman–Crippen MR) is 128 cm³/mol. The van der Waals surface area contributed by atoms with Crippen LogP contribution in [0.5, 0.6) is 11.5 Å². The number of likely N-dealkylation sites (N-methyl/N-ethyl adjacent to an activating group) is 1. The van der Waals surface area contributed by atoms with Gasteiger partial charge in [0.05, 0.1) is 17.8 Å². The Morgan fingerprint density at radius 3 is 2.56 bits per heavy atom. The van der Waals surface area contributed by atoms with Crippen molar-refractivity contribution >= 4 is 5.91 Å². The van der Waals surface area contributed by atoms with E-state index in [-0.39, 0.29) is 17.5 Å². The Hall–Kier alpha value is -3.39. The van der Waals surface area contributed by atoms with Gasteiger partial charge < -0.3 is 14.8 Å². The number of fused-ring (bicyclic) bond motifs is 1.